The number of pyridine rings is 1. The van der Waals surface area contributed by atoms with Crippen molar-refractivity contribution in [3.05, 3.63) is 58.4 Å². The Kier molecular flexibility index (Phi) is 3.28. The van der Waals surface area contributed by atoms with Crippen molar-refractivity contribution in [2.75, 3.05) is 14.1 Å². The first kappa shape index (κ1) is 12.1. The van der Waals surface area contributed by atoms with E-state index in [1.165, 1.54) is 17.0 Å². The van der Waals surface area contributed by atoms with E-state index in [0.717, 1.165) is 5.56 Å². The van der Waals surface area contributed by atoms with E-state index in [4.69, 9.17) is 0 Å². The molecule has 4 heteroatoms. The van der Waals surface area contributed by atoms with Crippen molar-refractivity contribution in [3.8, 4) is 11.3 Å². The fraction of sp³-hybridized carbons (Fsp3) is 0.143. The number of carbonyl (C=O) groups is 1. The molecular formula is C14H14N2O2. The van der Waals surface area contributed by atoms with Crippen molar-refractivity contribution in [2.24, 2.45) is 0 Å². The van der Waals surface area contributed by atoms with Gasteiger partial charge in [0.2, 0.25) is 0 Å². The number of hydrogen-bond acceptors (Lipinski definition) is 2. The molecule has 0 spiro atoms. The number of H-pyrrole nitrogens is 1. The van der Waals surface area contributed by atoms with E-state index in [0.29, 0.717) is 11.3 Å². The number of amides is 1. The fourth-order valence-corrected chi connectivity index (χ4v) is 1.69. The largest absolute Gasteiger partial charge is 0.361 e. The first-order valence-electron chi connectivity index (χ1n) is 5.59. The second-order valence-corrected chi connectivity index (χ2v) is 4.22. The topological polar surface area (TPSA) is 53.2 Å². The molecule has 0 unspecified atom stereocenters. The highest BCUT2D eigenvalue weighted by atomic mass is 16.2. The molecule has 4 nitrogen and oxygen atoms in total. The van der Waals surface area contributed by atoms with Gasteiger partial charge in [-0.1, -0.05) is 12.1 Å². The molecule has 0 aliphatic heterocycles. The SMILES string of the molecule is CN(C)C(=O)c1cccc(-c2cc(=O)cc[nH]2)c1. The maximum Gasteiger partial charge on any atom is 0.253 e. The van der Waals surface area contributed by atoms with Crippen LogP contribution in [-0.4, -0.2) is 29.9 Å². The van der Waals surface area contributed by atoms with Crippen LogP contribution in [0.2, 0.25) is 0 Å². The molecule has 2 rings (SSSR count). The number of carbonyl (C=O) groups excluding carboxylic acids is 1. The van der Waals surface area contributed by atoms with E-state index in [1.807, 2.05) is 6.07 Å². The number of rotatable bonds is 2. The highest BCUT2D eigenvalue weighted by Gasteiger charge is 2.09. The number of benzene rings is 1. The Hall–Kier alpha value is -2.36. The Labute approximate surface area is 105 Å². The summed E-state index contributed by atoms with van der Waals surface area (Å²) in [5.74, 6) is -0.0601. The summed E-state index contributed by atoms with van der Waals surface area (Å²) < 4.78 is 0. The zero-order valence-corrected chi connectivity index (χ0v) is 10.3. The van der Waals surface area contributed by atoms with Gasteiger partial charge in [-0.15, -0.1) is 0 Å². The highest BCUT2D eigenvalue weighted by molar-refractivity contribution is 5.95. The predicted molar refractivity (Wildman–Crippen MR) is 70.5 cm³/mol. The van der Waals surface area contributed by atoms with E-state index in [9.17, 15) is 9.59 Å². The third kappa shape index (κ3) is 2.48. The van der Waals surface area contributed by atoms with Gasteiger partial charge in [0.25, 0.3) is 5.91 Å². The molecule has 2 aromatic rings. The normalized spacial score (nSPS) is 10.1. The van der Waals surface area contributed by atoms with Gasteiger partial charge in [0.1, 0.15) is 0 Å². The number of aromatic amines is 1. The lowest BCUT2D eigenvalue weighted by molar-refractivity contribution is 0.0827. The smallest absolute Gasteiger partial charge is 0.253 e. The summed E-state index contributed by atoms with van der Waals surface area (Å²) in [6, 6.07) is 10.2. The van der Waals surface area contributed by atoms with Crippen LogP contribution in [0.25, 0.3) is 11.3 Å². The number of nitrogens with zero attached hydrogens (tertiary/aromatic N) is 1. The Morgan fingerprint density at radius 2 is 1.94 bits per heavy atom. The van der Waals surface area contributed by atoms with Gasteiger partial charge in [-0.25, -0.2) is 0 Å². The first-order valence-corrected chi connectivity index (χ1v) is 5.59. The Bertz CT molecular complexity index is 629. The molecule has 1 heterocycles. The minimum Gasteiger partial charge on any atom is -0.361 e. The van der Waals surface area contributed by atoms with Gasteiger partial charge < -0.3 is 9.88 Å². The quantitative estimate of drug-likeness (QED) is 0.872. The van der Waals surface area contributed by atoms with Crippen LogP contribution in [0.4, 0.5) is 0 Å². The summed E-state index contributed by atoms with van der Waals surface area (Å²) >= 11 is 0. The van der Waals surface area contributed by atoms with Crippen molar-refractivity contribution in [3.63, 3.8) is 0 Å². The van der Waals surface area contributed by atoms with Gasteiger partial charge in [-0.05, 0) is 17.7 Å². The minimum absolute atomic E-state index is 0.0601. The van der Waals surface area contributed by atoms with Crippen LogP contribution in [0.15, 0.2) is 47.4 Å². The molecule has 92 valence electrons. The third-order valence-corrected chi connectivity index (χ3v) is 2.60. The average Bonchev–Trinajstić information content (AvgIpc) is 2.38. The Morgan fingerprint density at radius 3 is 2.61 bits per heavy atom. The second kappa shape index (κ2) is 4.87. The summed E-state index contributed by atoms with van der Waals surface area (Å²) in [6.45, 7) is 0. The maximum absolute atomic E-state index is 11.8. The van der Waals surface area contributed by atoms with Crippen LogP contribution in [0, 0.1) is 0 Å². The maximum atomic E-state index is 11.8. The van der Waals surface area contributed by atoms with Crippen molar-refractivity contribution < 1.29 is 4.79 Å². The average molecular weight is 242 g/mol. The molecule has 0 saturated carbocycles. The summed E-state index contributed by atoms with van der Waals surface area (Å²) in [5, 5.41) is 0. The summed E-state index contributed by atoms with van der Waals surface area (Å²) in [7, 11) is 3.42. The monoisotopic (exact) mass is 242 g/mol. The Balaban J connectivity index is 2.45. The van der Waals surface area contributed by atoms with E-state index in [2.05, 4.69) is 4.98 Å². The first-order chi connectivity index (χ1) is 8.58. The van der Waals surface area contributed by atoms with Crippen molar-refractivity contribution in [2.45, 2.75) is 0 Å². The molecule has 0 atom stereocenters. The summed E-state index contributed by atoms with van der Waals surface area (Å²) in [5.41, 5.74) is 2.06. The van der Waals surface area contributed by atoms with Crippen molar-refractivity contribution in [1.82, 2.24) is 9.88 Å². The van der Waals surface area contributed by atoms with Crippen molar-refractivity contribution >= 4 is 5.91 Å². The minimum atomic E-state index is -0.0620. The van der Waals surface area contributed by atoms with E-state index < -0.39 is 0 Å². The number of nitrogens with one attached hydrogen (secondary N) is 1. The third-order valence-electron chi connectivity index (χ3n) is 2.60. The van der Waals surface area contributed by atoms with Crippen LogP contribution in [-0.2, 0) is 0 Å². The van der Waals surface area contributed by atoms with Gasteiger partial charge in [-0.3, -0.25) is 9.59 Å². The van der Waals surface area contributed by atoms with E-state index >= 15 is 0 Å². The molecule has 0 saturated heterocycles. The number of hydrogen-bond donors (Lipinski definition) is 1. The zero-order chi connectivity index (χ0) is 13.1. The Morgan fingerprint density at radius 1 is 1.17 bits per heavy atom. The molecule has 1 aromatic carbocycles. The van der Waals surface area contributed by atoms with Crippen molar-refractivity contribution in [1.29, 1.82) is 0 Å². The summed E-state index contributed by atoms with van der Waals surface area (Å²) in [6.07, 6.45) is 1.60. The fourth-order valence-electron chi connectivity index (χ4n) is 1.69. The van der Waals surface area contributed by atoms with Gasteiger partial charge >= 0.3 is 0 Å². The van der Waals surface area contributed by atoms with Crippen LogP contribution in [0.3, 0.4) is 0 Å². The molecule has 0 fully saturated rings. The lowest BCUT2D eigenvalue weighted by atomic mass is 10.1. The second-order valence-electron chi connectivity index (χ2n) is 4.22. The standard InChI is InChI=1S/C14H14N2O2/c1-16(2)14(18)11-5-3-4-10(8-11)13-9-12(17)6-7-15-13/h3-9H,1-2H3,(H,15,17). The van der Waals surface area contributed by atoms with Gasteiger partial charge in [0, 0.05) is 43.7 Å². The van der Waals surface area contributed by atoms with Gasteiger partial charge in [0.15, 0.2) is 5.43 Å². The lowest BCUT2D eigenvalue weighted by Crippen LogP contribution is -2.21. The highest BCUT2D eigenvalue weighted by Crippen LogP contribution is 2.17. The molecule has 1 aromatic heterocycles. The van der Waals surface area contributed by atoms with Gasteiger partial charge in [0.05, 0.1) is 0 Å². The van der Waals surface area contributed by atoms with E-state index in [1.54, 1.807) is 38.5 Å². The molecule has 1 amide bonds. The lowest BCUT2D eigenvalue weighted by Gasteiger charge is -2.11. The predicted octanol–water partition coefficient (Wildman–Crippen LogP) is 1.74. The molecule has 0 aliphatic carbocycles. The molecular weight excluding hydrogens is 228 g/mol. The molecule has 0 aliphatic rings. The van der Waals surface area contributed by atoms with Crippen LogP contribution < -0.4 is 5.43 Å². The van der Waals surface area contributed by atoms with Crippen LogP contribution in [0.5, 0.6) is 0 Å². The zero-order valence-electron chi connectivity index (χ0n) is 10.3. The summed E-state index contributed by atoms with van der Waals surface area (Å²) in [4.78, 5) is 27.7. The molecule has 1 N–H and O–H groups in total. The molecule has 0 bridgehead atoms. The number of aromatic nitrogens is 1. The van der Waals surface area contributed by atoms with Crippen LogP contribution >= 0.6 is 0 Å². The van der Waals surface area contributed by atoms with Crippen LogP contribution in [0.1, 0.15) is 10.4 Å². The van der Waals surface area contributed by atoms with E-state index in [-0.39, 0.29) is 11.3 Å². The van der Waals surface area contributed by atoms with Gasteiger partial charge in [-0.2, -0.15) is 0 Å². The molecule has 0 radical (unpaired) electrons. The molecule has 18 heavy (non-hydrogen) atoms.